The maximum atomic E-state index is 10.9. The third kappa shape index (κ3) is 5.13. The molecule has 1 amide bonds. The van der Waals surface area contributed by atoms with Crippen molar-refractivity contribution in [2.75, 3.05) is 6.54 Å². The third-order valence-electron chi connectivity index (χ3n) is 2.07. The van der Waals surface area contributed by atoms with Crippen LogP contribution in [-0.4, -0.2) is 12.5 Å². The van der Waals surface area contributed by atoms with Crippen molar-refractivity contribution in [3.8, 4) is 0 Å². The molecule has 72 valence electrons. The van der Waals surface area contributed by atoms with Gasteiger partial charge in [-0.05, 0) is 19.4 Å². The first-order valence-corrected chi connectivity index (χ1v) is 4.71. The summed E-state index contributed by atoms with van der Waals surface area (Å²) in [7, 11) is 0. The molecule has 1 unspecified atom stereocenters. The van der Waals surface area contributed by atoms with Crippen LogP contribution in [0.15, 0.2) is 0 Å². The van der Waals surface area contributed by atoms with Gasteiger partial charge in [0.15, 0.2) is 0 Å². The van der Waals surface area contributed by atoms with Gasteiger partial charge >= 0.3 is 0 Å². The Balaban J connectivity index is 3.56. The van der Waals surface area contributed by atoms with Gasteiger partial charge in [-0.1, -0.05) is 26.2 Å². The summed E-state index contributed by atoms with van der Waals surface area (Å²) in [5.74, 6) is -0.196. The molecule has 0 spiro atoms. The predicted octanol–water partition coefficient (Wildman–Crippen LogP) is 1.02. The summed E-state index contributed by atoms with van der Waals surface area (Å²) in [5, 5.41) is 0. The number of rotatable bonds is 7. The second-order valence-corrected chi connectivity index (χ2v) is 3.17. The van der Waals surface area contributed by atoms with E-state index in [1.165, 1.54) is 12.8 Å². The van der Waals surface area contributed by atoms with Crippen LogP contribution in [0.2, 0.25) is 0 Å². The molecule has 0 rings (SSSR count). The molecule has 0 aromatic carbocycles. The molecule has 12 heavy (non-hydrogen) atoms. The van der Waals surface area contributed by atoms with Gasteiger partial charge in [0.1, 0.15) is 0 Å². The zero-order valence-corrected chi connectivity index (χ0v) is 7.88. The predicted molar refractivity (Wildman–Crippen MR) is 50.5 cm³/mol. The summed E-state index contributed by atoms with van der Waals surface area (Å²) >= 11 is 0. The average molecular weight is 172 g/mol. The van der Waals surface area contributed by atoms with E-state index in [2.05, 4.69) is 6.92 Å². The van der Waals surface area contributed by atoms with E-state index >= 15 is 0 Å². The van der Waals surface area contributed by atoms with Crippen molar-refractivity contribution in [3.05, 3.63) is 0 Å². The Morgan fingerprint density at radius 2 is 2.00 bits per heavy atom. The molecular weight excluding hydrogens is 152 g/mol. The van der Waals surface area contributed by atoms with E-state index < -0.39 is 0 Å². The molecule has 0 aliphatic carbocycles. The second-order valence-electron chi connectivity index (χ2n) is 3.17. The van der Waals surface area contributed by atoms with Crippen LogP contribution < -0.4 is 11.5 Å². The topological polar surface area (TPSA) is 69.1 Å². The summed E-state index contributed by atoms with van der Waals surface area (Å²) < 4.78 is 0. The van der Waals surface area contributed by atoms with Crippen LogP contribution >= 0.6 is 0 Å². The molecule has 3 heteroatoms. The van der Waals surface area contributed by atoms with Crippen molar-refractivity contribution in [3.63, 3.8) is 0 Å². The van der Waals surface area contributed by atoms with Crippen molar-refractivity contribution in [2.24, 2.45) is 17.4 Å². The molecule has 0 aromatic heterocycles. The lowest BCUT2D eigenvalue weighted by Crippen LogP contribution is -2.25. The minimum absolute atomic E-state index is 0.00144. The first-order valence-electron chi connectivity index (χ1n) is 4.71. The molecule has 0 aliphatic rings. The van der Waals surface area contributed by atoms with Crippen molar-refractivity contribution in [1.82, 2.24) is 0 Å². The minimum atomic E-state index is -0.198. The van der Waals surface area contributed by atoms with E-state index in [0.717, 1.165) is 19.3 Å². The number of nitrogens with two attached hydrogens (primary N) is 2. The number of unbranched alkanes of at least 4 members (excludes halogenated alkanes) is 2. The first kappa shape index (κ1) is 11.4. The van der Waals surface area contributed by atoms with E-state index in [9.17, 15) is 4.79 Å². The van der Waals surface area contributed by atoms with Crippen LogP contribution in [0.4, 0.5) is 0 Å². The Morgan fingerprint density at radius 1 is 1.33 bits per heavy atom. The van der Waals surface area contributed by atoms with Gasteiger partial charge in [0.25, 0.3) is 0 Å². The smallest absolute Gasteiger partial charge is 0.220 e. The Hall–Kier alpha value is -0.570. The van der Waals surface area contributed by atoms with E-state index in [1.807, 2.05) is 0 Å². The fourth-order valence-corrected chi connectivity index (χ4v) is 1.27. The van der Waals surface area contributed by atoms with Crippen molar-refractivity contribution in [2.45, 2.75) is 39.0 Å². The van der Waals surface area contributed by atoms with Crippen LogP contribution in [0.1, 0.15) is 39.0 Å². The fraction of sp³-hybridized carbons (Fsp3) is 0.889. The number of primary amides is 1. The first-order chi connectivity index (χ1) is 5.72. The Morgan fingerprint density at radius 3 is 2.42 bits per heavy atom. The maximum Gasteiger partial charge on any atom is 0.220 e. The van der Waals surface area contributed by atoms with Gasteiger partial charge in [0, 0.05) is 5.92 Å². The molecule has 0 radical (unpaired) electrons. The van der Waals surface area contributed by atoms with Crippen LogP contribution in [0.5, 0.6) is 0 Å². The molecule has 0 fully saturated rings. The highest BCUT2D eigenvalue weighted by Crippen LogP contribution is 2.12. The zero-order valence-electron chi connectivity index (χ0n) is 7.88. The number of hydrogen-bond acceptors (Lipinski definition) is 2. The lowest BCUT2D eigenvalue weighted by molar-refractivity contribution is -0.122. The van der Waals surface area contributed by atoms with Gasteiger partial charge < -0.3 is 11.5 Å². The highest BCUT2D eigenvalue weighted by Gasteiger charge is 2.12. The third-order valence-corrected chi connectivity index (χ3v) is 2.07. The van der Waals surface area contributed by atoms with Crippen molar-refractivity contribution < 1.29 is 4.79 Å². The monoisotopic (exact) mass is 172 g/mol. The SMILES string of the molecule is CCCCCC(CCN)C(N)=O. The fourth-order valence-electron chi connectivity index (χ4n) is 1.27. The van der Waals surface area contributed by atoms with Crippen LogP contribution in [-0.2, 0) is 4.79 Å². The number of carbonyl (C=O) groups excluding carboxylic acids is 1. The lowest BCUT2D eigenvalue weighted by Gasteiger charge is -2.10. The van der Waals surface area contributed by atoms with E-state index in [-0.39, 0.29) is 11.8 Å². The molecule has 0 heterocycles. The summed E-state index contributed by atoms with van der Waals surface area (Å²) in [4.78, 5) is 10.9. The highest BCUT2D eigenvalue weighted by atomic mass is 16.1. The van der Waals surface area contributed by atoms with Crippen LogP contribution in [0.25, 0.3) is 0 Å². The molecule has 3 nitrogen and oxygen atoms in total. The van der Waals surface area contributed by atoms with Gasteiger partial charge in [-0.25, -0.2) is 0 Å². The number of carbonyl (C=O) groups is 1. The Kier molecular flexibility index (Phi) is 6.76. The molecule has 0 aromatic rings. The van der Waals surface area contributed by atoms with Gasteiger partial charge in [-0.3, -0.25) is 4.79 Å². The zero-order chi connectivity index (χ0) is 9.40. The van der Waals surface area contributed by atoms with Crippen LogP contribution in [0.3, 0.4) is 0 Å². The molecule has 4 N–H and O–H groups in total. The number of hydrogen-bond donors (Lipinski definition) is 2. The molecule has 1 atom stereocenters. The number of amides is 1. The molecule has 0 saturated heterocycles. The van der Waals surface area contributed by atoms with Crippen molar-refractivity contribution >= 4 is 5.91 Å². The average Bonchev–Trinajstić information content (AvgIpc) is 2.03. The highest BCUT2D eigenvalue weighted by molar-refractivity contribution is 5.76. The summed E-state index contributed by atoms with van der Waals surface area (Å²) in [6, 6.07) is 0. The molecular formula is C9H20N2O. The summed E-state index contributed by atoms with van der Waals surface area (Å²) in [5.41, 5.74) is 10.6. The molecule has 0 bridgehead atoms. The Labute approximate surface area is 74.5 Å². The normalized spacial score (nSPS) is 12.8. The minimum Gasteiger partial charge on any atom is -0.369 e. The Bertz CT molecular complexity index is 126. The molecule has 0 aliphatic heterocycles. The van der Waals surface area contributed by atoms with Gasteiger partial charge in [-0.2, -0.15) is 0 Å². The maximum absolute atomic E-state index is 10.9. The van der Waals surface area contributed by atoms with E-state index in [0.29, 0.717) is 6.54 Å². The van der Waals surface area contributed by atoms with Crippen molar-refractivity contribution in [1.29, 1.82) is 0 Å². The standard InChI is InChI=1S/C9H20N2O/c1-2-3-4-5-8(6-7-10)9(11)12/h8H,2-7,10H2,1H3,(H2,11,12). The van der Waals surface area contributed by atoms with Gasteiger partial charge in [-0.15, -0.1) is 0 Å². The second kappa shape index (κ2) is 7.10. The van der Waals surface area contributed by atoms with Gasteiger partial charge in [0.2, 0.25) is 5.91 Å². The van der Waals surface area contributed by atoms with Crippen LogP contribution in [0, 0.1) is 5.92 Å². The van der Waals surface area contributed by atoms with E-state index in [1.54, 1.807) is 0 Å². The molecule has 0 saturated carbocycles. The summed E-state index contributed by atoms with van der Waals surface area (Å²) in [6.07, 6.45) is 5.08. The lowest BCUT2D eigenvalue weighted by atomic mass is 9.97. The quantitative estimate of drug-likeness (QED) is 0.563. The largest absolute Gasteiger partial charge is 0.369 e. The van der Waals surface area contributed by atoms with E-state index in [4.69, 9.17) is 11.5 Å². The summed E-state index contributed by atoms with van der Waals surface area (Å²) in [6.45, 7) is 2.70. The van der Waals surface area contributed by atoms with Gasteiger partial charge in [0.05, 0.1) is 0 Å².